The van der Waals surface area contributed by atoms with E-state index in [9.17, 15) is 13.2 Å². The molecule has 9 heteroatoms. The van der Waals surface area contributed by atoms with Crippen LogP contribution in [0.4, 0.5) is 0 Å². The molecular weight excluding hydrogens is 386 g/mol. The second-order valence-electron chi connectivity index (χ2n) is 8.42. The summed E-state index contributed by atoms with van der Waals surface area (Å²) in [6.45, 7) is 9.08. The van der Waals surface area contributed by atoms with Crippen molar-refractivity contribution in [2.45, 2.75) is 63.6 Å². The van der Waals surface area contributed by atoms with Crippen LogP contribution in [0, 0.1) is 5.92 Å². The molecule has 1 atom stereocenters. The molecule has 0 radical (unpaired) electrons. The summed E-state index contributed by atoms with van der Waals surface area (Å²) in [5, 5.41) is 0.351. The van der Waals surface area contributed by atoms with Gasteiger partial charge in [0.25, 0.3) is 0 Å². The molecule has 1 saturated carbocycles. The Bertz CT molecular complexity index is 783. The van der Waals surface area contributed by atoms with Crippen LogP contribution in [0.2, 0.25) is 0 Å². The van der Waals surface area contributed by atoms with Crippen molar-refractivity contribution < 1.29 is 17.4 Å². The van der Waals surface area contributed by atoms with Gasteiger partial charge in [-0.1, -0.05) is 40.5 Å². The van der Waals surface area contributed by atoms with Gasteiger partial charge in [-0.2, -0.15) is 12.7 Å². The lowest BCUT2D eigenvalue weighted by Gasteiger charge is -2.52. The molecule has 1 fully saturated rings. The molecule has 1 heterocycles. The highest BCUT2D eigenvalue weighted by Gasteiger charge is 2.43. The Morgan fingerprint density at radius 3 is 2.41 bits per heavy atom. The molecule has 0 spiro atoms. The molecule has 1 aliphatic rings. The van der Waals surface area contributed by atoms with E-state index in [1.54, 1.807) is 0 Å². The van der Waals surface area contributed by atoms with Gasteiger partial charge in [0.15, 0.2) is 12.1 Å². The zero-order chi connectivity index (χ0) is 20.6. The largest absolute Gasteiger partial charge is 0.330 e. The average molecular weight is 420 g/mol. The Balaban J connectivity index is 2.25. The molecule has 1 unspecified atom stereocenters. The molecule has 0 aromatic carbocycles. The highest BCUT2D eigenvalue weighted by atomic mass is 32.3. The number of aldehydes is 1. The Labute approximate surface area is 165 Å². The summed E-state index contributed by atoms with van der Waals surface area (Å²) in [4.78, 5) is 15.5. The molecule has 156 valence electrons. The first-order valence-corrected chi connectivity index (χ1v) is 12.7. The topological polar surface area (TPSA) is 81.5 Å². The molecule has 1 aromatic heterocycles. The molecule has 0 aliphatic heterocycles. The van der Waals surface area contributed by atoms with Gasteiger partial charge in [-0.25, -0.2) is 8.96 Å². The molecule has 0 bridgehead atoms. The lowest BCUT2D eigenvalue weighted by molar-refractivity contribution is 0.111. The van der Waals surface area contributed by atoms with E-state index < -0.39 is 20.5 Å². The fourth-order valence-corrected chi connectivity index (χ4v) is 6.96. The molecule has 1 aliphatic carbocycles. The smallest absolute Gasteiger partial charge is 0.308 e. The van der Waals surface area contributed by atoms with E-state index in [1.807, 2.05) is 0 Å². The highest BCUT2D eigenvalue weighted by Crippen LogP contribution is 2.64. The van der Waals surface area contributed by atoms with Crippen LogP contribution < -0.4 is 0 Å². The lowest BCUT2D eigenvalue weighted by Crippen LogP contribution is -2.35. The van der Waals surface area contributed by atoms with Crippen LogP contribution in [0.3, 0.4) is 0 Å². The minimum atomic E-state index is -3.80. The maximum absolute atomic E-state index is 12.4. The molecule has 1 aromatic rings. The van der Waals surface area contributed by atoms with Crippen molar-refractivity contribution in [2.24, 2.45) is 5.92 Å². The molecule has 2 rings (SSSR count). The minimum absolute atomic E-state index is 0.0497. The molecule has 27 heavy (non-hydrogen) atoms. The summed E-state index contributed by atoms with van der Waals surface area (Å²) in [6.07, 6.45) is 7.77. The van der Waals surface area contributed by atoms with Gasteiger partial charge < -0.3 is 4.18 Å². The number of imidazole rings is 1. The zero-order valence-corrected chi connectivity index (χ0v) is 19.1. The maximum atomic E-state index is 12.4. The van der Waals surface area contributed by atoms with Gasteiger partial charge in [-0.3, -0.25) is 4.79 Å². The zero-order valence-electron chi connectivity index (χ0n) is 17.4. The van der Waals surface area contributed by atoms with Crippen molar-refractivity contribution in [3.63, 3.8) is 0 Å². The SMILES string of the molecule is CC(C)S(C)(OCc1cn(S(=O)(=O)N(C)C)c(C=O)n1)C(C)(C)CC1CC1. The summed E-state index contributed by atoms with van der Waals surface area (Å²) in [6, 6.07) is 0. The van der Waals surface area contributed by atoms with Crippen LogP contribution in [0.5, 0.6) is 0 Å². The van der Waals surface area contributed by atoms with Crippen molar-refractivity contribution in [2.75, 3.05) is 20.4 Å². The number of nitrogens with zero attached hydrogens (tertiary/aromatic N) is 3. The Morgan fingerprint density at radius 1 is 1.37 bits per heavy atom. The van der Waals surface area contributed by atoms with E-state index in [1.165, 1.54) is 33.1 Å². The average Bonchev–Trinajstić information content (AvgIpc) is 3.26. The molecule has 7 nitrogen and oxygen atoms in total. The molecular formula is C18H33N3O4S2. The predicted molar refractivity (Wildman–Crippen MR) is 110 cm³/mol. The minimum Gasteiger partial charge on any atom is -0.330 e. The first kappa shape index (κ1) is 22.4. The molecule has 0 saturated heterocycles. The van der Waals surface area contributed by atoms with Crippen molar-refractivity contribution in [1.29, 1.82) is 0 Å². The number of hydrogen-bond acceptors (Lipinski definition) is 5. The van der Waals surface area contributed by atoms with Crippen LogP contribution in [0.25, 0.3) is 0 Å². The van der Waals surface area contributed by atoms with Gasteiger partial charge in [0.1, 0.15) is 6.61 Å². The monoisotopic (exact) mass is 419 g/mol. The second-order valence-corrected chi connectivity index (χ2v) is 14.5. The standard InChI is InChI=1S/C18H33N3O4S2/c1-14(2)26(7,18(3,4)10-15-8-9-15)25-13-16-11-21(17(12-22)19-16)27(23,24)20(5)6/h11-12,14-15H,8-10,13H2,1-7H3. The van der Waals surface area contributed by atoms with Crippen LogP contribution in [-0.2, 0) is 21.0 Å². The Kier molecular flexibility index (Phi) is 6.51. The first-order chi connectivity index (χ1) is 12.3. The molecule has 0 N–H and O–H groups in total. The van der Waals surface area contributed by atoms with E-state index >= 15 is 0 Å². The van der Waals surface area contributed by atoms with Gasteiger partial charge in [0, 0.05) is 30.3 Å². The fraction of sp³-hybridized carbons (Fsp3) is 0.778. The maximum Gasteiger partial charge on any atom is 0.308 e. The van der Waals surface area contributed by atoms with Gasteiger partial charge in [0.2, 0.25) is 0 Å². The van der Waals surface area contributed by atoms with E-state index in [-0.39, 0.29) is 17.2 Å². The normalized spacial score (nSPS) is 19.3. The first-order valence-electron chi connectivity index (χ1n) is 9.22. The number of carbonyl (C=O) groups excluding carboxylic acids is 1. The van der Waals surface area contributed by atoms with Crippen LogP contribution in [0.1, 0.15) is 63.3 Å². The van der Waals surface area contributed by atoms with Gasteiger partial charge in [-0.05, 0) is 18.6 Å². The summed E-state index contributed by atoms with van der Waals surface area (Å²) in [5.74, 6) is 0.654. The van der Waals surface area contributed by atoms with Gasteiger partial charge in [-0.15, -0.1) is 10.3 Å². The van der Waals surface area contributed by atoms with E-state index in [4.69, 9.17) is 4.18 Å². The van der Waals surface area contributed by atoms with Gasteiger partial charge >= 0.3 is 10.2 Å². The van der Waals surface area contributed by atoms with Crippen molar-refractivity contribution in [3.8, 4) is 0 Å². The number of aromatic nitrogens is 2. The van der Waals surface area contributed by atoms with E-state index in [0.29, 0.717) is 17.2 Å². The van der Waals surface area contributed by atoms with Crippen LogP contribution in [0.15, 0.2) is 6.20 Å². The van der Waals surface area contributed by atoms with Crippen LogP contribution >= 0.6 is 10.3 Å². The third-order valence-electron chi connectivity index (χ3n) is 5.49. The predicted octanol–water partition coefficient (Wildman–Crippen LogP) is 3.20. The Hall–Kier alpha value is -0.900. The third kappa shape index (κ3) is 4.58. The van der Waals surface area contributed by atoms with E-state index in [0.717, 1.165) is 20.6 Å². The summed E-state index contributed by atoms with van der Waals surface area (Å²) < 4.78 is 33.2. The number of rotatable bonds is 10. The number of carbonyl (C=O) groups is 1. The third-order valence-corrected chi connectivity index (χ3v) is 12.0. The number of hydrogen-bond donors (Lipinski definition) is 0. The summed E-state index contributed by atoms with van der Waals surface area (Å²) in [7, 11) is -2.41. The summed E-state index contributed by atoms with van der Waals surface area (Å²) in [5.41, 5.74) is 0.448. The van der Waals surface area contributed by atoms with E-state index in [2.05, 4.69) is 38.9 Å². The highest BCUT2D eigenvalue weighted by molar-refractivity contribution is 8.30. The lowest BCUT2D eigenvalue weighted by atomic mass is 10.1. The quantitative estimate of drug-likeness (QED) is 0.544. The van der Waals surface area contributed by atoms with Gasteiger partial charge in [0.05, 0.1) is 5.69 Å². The van der Waals surface area contributed by atoms with Crippen molar-refractivity contribution in [1.82, 2.24) is 13.3 Å². The van der Waals surface area contributed by atoms with Crippen molar-refractivity contribution in [3.05, 3.63) is 17.7 Å². The summed E-state index contributed by atoms with van der Waals surface area (Å²) >= 11 is 0. The van der Waals surface area contributed by atoms with Crippen LogP contribution in [-0.4, -0.2) is 58.3 Å². The fourth-order valence-electron chi connectivity index (χ4n) is 3.23. The second kappa shape index (κ2) is 7.85. The van der Waals surface area contributed by atoms with Crippen molar-refractivity contribution >= 4 is 26.8 Å². The molecule has 0 amide bonds. The Morgan fingerprint density at radius 2 is 1.96 bits per heavy atom.